The van der Waals surface area contributed by atoms with Crippen LogP contribution in [0.3, 0.4) is 0 Å². The highest BCUT2D eigenvalue weighted by molar-refractivity contribution is 6.35. The second-order valence-corrected chi connectivity index (χ2v) is 6.12. The van der Waals surface area contributed by atoms with E-state index in [0.717, 1.165) is 0 Å². The SMILES string of the molecule is Cc1c(NC(=O)c2cc(Cl)cc(Cl)c2)c(C(=O)N(C)C)nn1C. The van der Waals surface area contributed by atoms with Gasteiger partial charge in [-0.15, -0.1) is 0 Å². The summed E-state index contributed by atoms with van der Waals surface area (Å²) in [5.41, 5.74) is 1.51. The number of hydrogen-bond donors (Lipinski definition) is 1. The predicted molar refractivity (Wildman–Crippen MR) is 90.4 cm³/mol. The van der Waals surface area contributed by atoms with E-state index in [-0.39, 0.29) is 11.6 Å². The average molecular weight is 355 g/mol. The summed E-state index contributed by atoms with van der Waals surface area (Å²) in [4.78, 5) is 26.0. The molecule has 1 aromatic carbocycles. The topological polar surface area (TPSA) is 67.2 Å². The average Bonchev–Trinajstić information content (AvgIpc) is 2.73. The quantitative estimate of drug-likeness (QED) is 0.921. The lowest BCUT2D eigenvalue weighted by molar-refractivity contribution is 0.0822. The van der Waals surface area contributed by atoms with Gasteiger partial charge in [-0.05, 0) is 25.1 Å². The van der Waals surface area contributed by atoms with Crippen LogP contribution in [0.15, 0.2) is 18.2 Å². The maximum Gasteiger partial charge on any atom is 0.276 e. The first kappa shape index (κ1) is 17.3. The van der Waals surface area contributed by atoms with Crippen molar-refractivity contribution < 1.29 is 9.59 Å². The molecule has 0 saturated heterocycles. The van der Waals surface area contributed by atoms with Gasteiger partial charge in [0.2, 0.25) is 0 Å². The van der Waals surface area contributed by atoms with E-state index in [1.165, 1.54) is 27.8 Å². The van der Waals surface area contributed by atoms with Crippen LogP contribution in [0.2, 0.25) is 10.0 Å². The Bertz CT molecular complexity index is 764. The first-order valence-corrected chi connectivity index (χ1v) is 7.49. The van der Waals surface area contributed by atoms with E-state index in [1.807, 2.05) is 0 Å². The van der Waals surface area contributed by atoms with Crippen LogP contribution in [0.1, 0.15) is 26.5 Å². The molecule has 0 spiro atoms. The standard InChI is InChI=1S/C15H16Cl2N4O2/c1-8-12(13(19-21(8)4)15(23)20(2)3)18-14(22)9-5-10(16)7-11(17)6-9/h5-7H,1-4H3,(H,18,22). The van der Waals surface area contributed by atoms with Gasteiger partial charge in [-0.1, -0.05) is 23.2 Å². The molecule has 2 rings (SSSR count). The van der Waals surface area contributed by atoms with Gasteiger partial charge >= 0.3 is 0 Å². The molecular formula is C15H16Cl2N4O2. The fourth-order valence-corrected chi connectivity index (χ4v) is 2.52. The number of nitrogens with zero attached hydrogens (tertiary/aromatic N) is 3. The van der Waals surface area contributed by atoms with Gasteiger partial charge in [-0.3, -0.25) is 14.3 Å². The third kappa shape index (κ3) is 3.65. The number of carbonyl (C=O) groups excluding carboxylic acids is 2. The molecule has 0 bridgehead atoms. The third-order valence-electron chi connectivity index (χ3n) is 3.31. The Morgan fingerprint density at radius 2 is 1.74 bits per heavy atom. The van der Waals surface area contributed by atoms with Crippen molar-refractivity contribution in [3.8, 4) is 0 Å². The number of nitrogens with one attached hydrogen (secondary N) is 1. The Kier molecular flexibility index (Phi) is 4.97. The minimum Gasteiger partial charge on any atom is -0.343 e. The lowest BCUT2D eigenvalue weighted by Gasteiger charge is -2.11. The zero-order valence-corrected chi connectivity index (χ0v) is 14.7. The van der Waals surface area contributed by atoms with Crippen LogP contribution in [-0.2, 0) is 7.05 Å². The number of aryl methyl sites for hydroxylation is 1. The van der Waals surface area contributed by atoms with E-state index in [1.54, 1.807) is 28.1 Å². The summed E-state index contributed by atoms with van der Waals surface area (Å²) in [5, 5.41) is 7.60. The van der Waals surface area contributed by atoms with Crippen molar-refractivity contribution in [3.05, 3.63) is 45.2 Å². The molecule has 0 aliphatic rings. The van der Waals surface area contributed by atoms with Gasteiger partial charge in [0, 0.05) is 36.8 Å². The van der Waals surface area contributed by atoms with Crippen LogP contribution >= 0.6 is 23.2 Å². The number of hydrogen-bond acceptors (Lipinski definition) is 3. The van der Waals surface area contributed by atoms with Gasteiger partial charge in [0.15, 0.2) is 5.69 Å². The van der Waals surface area contributed by atoms with E-state index in [0.29, 0.717) is 27.0 Å². The summed E-state index contributed by atoms with van der Waals surface area (Å²) in [6.45, 7) is 1.76. The van der Waals surface area contributed by atoms with Gasteiger partial charge < -0.3 is 10.2 Å². The molecule has 0 saturated carbocycles. The molecule has 0 atom stereocenters. The number of anilines is 1. The summed E-state index contributed by atoms with van der Waals surface area (Å²) in [6, 6.07) is 4.54. The lowest BCUT2D eigenvalue weighted by Crippen LogP contribution is -2.24. The minimum atomic E-state index is -0.418. The Balaban J connectivity index is 2.39. The molecule has 1 heterocycles. The van der Waals surface area contributed by atoms with Crippen molar-refractivity contribution in [2.24, 2.45) is 7.05 Å². The van der Waals surface area contributed by atoms with Crippen molar-refractivity contribution >= 4 is 40.7 Å². The van der Waals surface area contributed by atoms with Crippen molar-refractivity contribution in [2.75, 3.05) is 19.4 Å². The second-order valence-electron chi connectivity index (χ2n) is 5.24. The molecule has 0 radical (unpaired) electrons. The van der Waals surface area contributed by atoms with Crippen molar-refractivity contribution in [3.63, 3.8) is 0 Å². The molecule has 0 aliphatic carbocycles. The molecular weight excluding hydrogens is 339 g/mol. The van der Waals surface area contributed by atoms with Gasteiger partial charge in [0.25, 0.3) is 11.8 Å². The summed E-state index contributed by atoms with van der Waals surface area (Å²) in [7, 11) is 4.94. The predicted octanol–water partition coefficient (Wildman–Crippen LogP) is 2.99. The number of amides is 2. The number of rotatable bonds is 3. The second kappa shape index (κ2) is 6.60. The van der Waals surface area contributed by atoms with E-state index in [2.05, 4.69) is 10.4 Å². The number of benzene rings is 1. The first-order valence-electron chi connectivity index (χ1n) is 6.73. The lowest BCUT2D eigenvalue weighted by atomic mass is 10.2. The largest absolute Gasteiger partial charge is 0.343 e. The Labute approximate surface area is 144 Å². The van der Waals surface area contributed by atoms with Gasteiger partial charge in [-0.25, -0.2) is 0 Å². The van der Waals surface area contributed by atoms with Crippen LogP contribution in [0, 0.1) is 6.92 Å². The fraction of sp³-hybridized carbons (Fsp3) is 0.267. The van der Waals surface area contributed by atoms with E-state index >= 15 is 0 Å². The van der Waals surface area contributed by atoms with E-state index in [4.69, 9.17) is 23.2 Å². The third-order valence-corrected chi connectivity index (χ3v) is 3.74. The summed E-state index contributed by atoms with van der Waals surface area (Å²) in [6.07, 6.45) is 0. The van der Waals surface area contributed by atoms with Gasteiger partial charge in [0.05, 0.1) is 11.4 Å². The molecule has 0 unspecified atom stereocenters. The maximum atomic E-state index is 12.4. The highest BCUT2D eigenvalue weighted by atomic mass is 35.5. The zero-order valence-electron chi connectivity index (χ0n) is 13.1. The molecule has 122 valence electrons. The van der Waals surface area contributed by atoms with Crippen LogP contribution in [0.25, 0.3) is 0 Å². The Morgan fingerprint density at radius 1 is 1.17 bits per heavy atom. The minimum absolute atomic E-state index is 0.177. The first-order chi connectivity index (χ1) is 10.7. The molecule has 1 aromatic heterocycles. The Morgan fingerprint density at radius 3 is 2.26 bits per heavy atom. The van der Waals surface area contributed by atoms with Crippen LogP contribution in [0.4, 0.5) is 5.69 Å². The molecule has 0 fully saturated rings. The highest BCUT2D eigenvalue weighted by Crippen LogP contribution is 2.24. The fourth-order valence-electron chi connectivity index (χ4n) is 1.99. The normalized spacial score (nSPS) is 10.5. The number of carbonyl (C=O) groups is 2. The monoisotopic (exact) mass is 354 g/mol. The molecule has 8 heteroatoms. The molecule has 2 aromatic rings. The molecule has 23 heavy (non-hydrogen) atoms. The zero-order chi connectivity index (χ0) is 17.3. The summed E-state index contributed by atoms with van der Waals surface area (Å²) >= 11 is 11.8. The smallest absolute Gasteiger partial charge is 0.276 e. The Hall–Kier alpha value is -2.05. The number of aromatic nitrogens is 2. The maximum absolute atomic E-state index is 12.4. The van der Waals surface area contributed by atoms with Gasteiger partial charge in [-0.2, -0.15) is 5.10 Å². The van der Waals surface area contributed by atoms with E-state index < -0.39 is 5.91 Å². The molecule has 2 amide bonds. The molecule has 0 aliphatic heterocycles. The summed E-state index contributed by atoms with van der Waals surface area (Å²) in [5.74, 6) is -0.716. The van der Waals surface area contributed by atoms with Crippen molar-refractivity contribution in [1.29, 1.82) is 0 Å². The van der Waals surface area contributed by atoms with Crippen molar-refractivity contribution in [2.45, 2.75) is 6.92 Å². The van der Waals surface area contributed by atoms with Crippen LogP contribution in [0.5, 0.6) is 0 Å². The van der Waals surface area contributed by atoms with Crippen LogP contribution in [-0.4, -0.2) is 40.6 Å². The summed E-state index contributed by atoms with van der Waals surface area (Å²) < 4.78 is 1.54. The van der Waals surface area contributed by atoms with Crippen molar-refractivity contribution in [1.82, 2.24) is 14.7 Å². The molecule has 6 nitrogen and oxygen atoms in total. The highest BCUT2D eigenvalue weighted by Gasteiger charge is 2.23. The molecule has 1 N–H and O–H groups in total. The van der Waals surface area contributed by atoms with Gasteiger partial charge in [0.1, 0.15) is 0 Å². The number of halogens is 2. The van der Waals surface area contributed by atoms with Crippen LogP contribution < -0.4 is 5.32 Å². The van der Waals surface area contributed by atoms with E-state index in [9.17, 15) is 9.59 Å².